The number of nitrogens with zero attached hydrogens (tertiary/aromatic N) is 4. The summed E-state index contributed by atoms with van der Waals surface area (Å²) in [5, 5.41) is 8.81. The van der Waals surface area contributed by atoms with Crippen molar-refractivity contribution in [2.75, 3.05) is 31.1 Å². The van der Waals surface area contributed by atoms with Crippen LogP contribution in [0.5, 0.6) is 0 Å². The van der Waals surface area contributed by atoms with Crippen LogP contribution in [0.4, 0.5) is 5.69 Å². The van der Waals surface area contributed by atoms with Crippen molar-refractivity contribution in [3.8, 4) is 11.1 Å². The molecule has 7 heteroatoms. The largest absolute Gasteiger partial charge is 0.367 e. The number of amides is 1. The van der Waals surface area contributed by atoms with Gasteiger partial charge >= 0.3 is 0 Å². The molecule has 2 aromatic heterocycles. The molecule has 2 aromatic carbocycles. The molecule has 1 fully saturated rings. The van der Waals surface area contributed by atoms with Crippen LogP contribution in [0.2, 0.25) is 5.02 Å². The first-order valence-electron chi connectivity index (χ1n) is 10.6. The lowest BCUT2D eigenvalue weighted by molar-refractivity contribution is -0.132. The molecule has 32 heavy (non-hydrogen) atoms. The maximum Gasteiger partial charge on any atom is 0.230 e. The maximum absolute atomic E-state index is 13.1. The van der Waals surface area contributed by atoms with E-state index in [1.54, 1.807) is 12.1 Å². The number of aromatic nitrogens is 3. The van der Waals surface area contributed by atoms with E-state index in [1.165, 1.54) is 0 Å². The number of carbonyl (C=O) groups excluding carboxylic acids is 1. The highest BCUT2D eigenvalue weighted by molar-refractivity contribution is 6.30. The fourth-order valence-electron chi connectivity index (χ4n) is 4.26. The second-order valence-corrected chi connectivity index (χ2v) is 8.37. The summed E-state index contributed by atoms with van der Waals surface area (Å²) in [6.07, 6.45) is 3.73. The Hall–Kier alpha value is -3.38. The standard InChI is InChI=1S/C25H23ClN5O/c1-17(18-7-9-20(26)10-8-18)25(32)31-13-11-30(12-14-31)23-21(19-5-3-2-4-6-19)15-27-24-22(23)16-28-29-24/h2-10,15-17H,1,11-14H2,(H,27,28,29)/t17-/m0/s1. The lowest BCUT2D eigenvalue weighted by Crippen LogP contribution is -2.50. The maximum atomic E-state index is 13.1. The zero-order chi connectivity index (χ0) is 22.1. The highest BCUT2D eigenvalue weighted by atomic mass is 35.5. The van der Waals surface area contributed by atoms with Crippen LogP contribution < -0.4 is 4.90 Å². The van der Waals surface area contributed by atoms with Gasteiger partial charge in [0.2, 0.25) is 5.91 Å². The van der Waals surface area contributed by atoms with Crippen LogP contribution in [0.25, 0.3) is 22.2 Å². The van der Waals surface area contributed by atoms with Gasteiger partial charge in [-0.15, -0.1) is 0 Å². The topological polar surface area (TPSA) is 65.1 Å². The summed E-state index contributed by atoms with van der Waals surface area (Å²) in [5.41, 5.74) is 4.92. The summed E-state index contributed by atoms with van der Waals surface area (Å²) in [5.74, 6) is -0.404. The Bertz CT molecular complexity index is 1230. The minimum atomic E-state index is -0.444. The van der Waals surface area contributed by atoms with Gasteiger partial charge in [0.15, 0.2) is 5.65 Å². The minimum Gasteiger partial charge on any atom is -0.367 e. The molecule has 1 aliphatic rings. The number of rotatable bonds is 4. The van der Waals surface area contributed by atoms with E-state index in [0.717, 1.165) is 46.5 Å². The molecule has 1 radical (unpaired) electrons. The summed E-state index contributed by atoms with van der Waals surface area (Å²) in [6, 6.07) is 17.6. The summed E-state index contributed by atoms with van der Waals surface area (Å²) in [6.45, 7) is 6.83. The lowest BCUT2D eigenvalue weighted by Gasteiger charge is -2.38. The Morgan fingerprint density at radius 1 is 1.00 bits per heavy atom. The SMILES string of the molecule is [CH2][C@H](C(=O)N1CCN(c2c(-c3ccccc3)cnc3[nH]ncc23)CC1)c1ccc(Cl)cc1. The van der Waals surface area contributed by atoms with Crippen molar-refractivity contribution >= 4 is 34.2 Å². The number of piperazine rings is 1. The Morgan fingerprint density at radius 2 is 1.72 bits per heavy atom. The predicted octanol–water partition coefficient (Wildman–Crippen LogP) is 4.54. The highest BCUT2D eigenvalue weighted by Crippen LogP contribution is 2.36. The second-order valence-electron chi connectivity index (χ2n) is 7.94. The number of benzene rings is 2. The summed E-state index contributed by atoms with van der Waals surface area (Å²) < 4.78 is 0. The van der Waals surface area contributed by atoms with Crippen molar-refractivity contribution in [2.45, 2.75) is 5.92 Å². The molecule has 161 valence electrons. The van der Waals surface area contributed by atoms with Gasteiger partial charge in [-0.25, -0.2) is 4.98 Å². The number of hydrogen-bond acceptors (Lipinski definition) is 4. The molecule has 0 aliphatic carbocycles. The molecule has 1 atom stereocenters. The van der Waals surface area contributed by atoms with Crippen LogP contribution in [0, 0.1) is 6.92 Å². The third-order valence-electron chi connectivity index (χ3n) is 6.02. The van der Waals surface area contributed by atoms with Crippen molar-refractivity contribution in [1.29, 1.82) is 0 Å². The van der Waals surface area contributed by atoms with E-state index in [4.69, 9.17) is 11.6 Å². The fraction of sp³-hybridized carbons (Fsp3) is 0.200. The third-order valence-corrected chi connectivity index (χ3v) is 6.27. The number of carbonyl (C=O) groups is 1. The van der Waals surface area contributed by atoms with E-state index in [0.29, 0.717) is 18.1 Å². The summed E-state index contributed by atoms with van der Waals surface area (Å²) in [7, 11) is 0. The normalized spacial score (nSPS) is 15.2. The molecule has 0 unspecified atom stereocenters. The average molecular weight is 445 g/mol. The first-order valence-corrected chi connectivity index (χ1v) is 11.0. The molecule has 5 rings (SSSR count). The van der Waals surface area contributed by atoms with Crippen molar-refractivity contribution < 1.29 is 4.79 Å². The molecule has 4 aromatic rings. The fourth-order valence-corrected chi connectivity index (χ4v) is 4.39. The van der Waals surface area contributed by atoms with Crippen molar-refractivity contribution in [3.63, 3.8) is 0 Å². The lowest BCUT2D eigenvalue weighted by atomic mass is 9.99. The van der Waals surface area contributed by atoms with Crippen LogP contribution in [0.3, 0.4) is 0 Å². The molecule has 0 saturated carbocycles. The number of halogens is 1. The minimum absolute atomic E-state index is 0.0402. The van der Waals surface area contributed by atoms with Gasteiger partial charge in [-0.05, 0) is 30.2 Å². The van der Waals surface area contributed by atoms with E-state index in [-0.39, 0.29) is 5.91 Å². The number of hydrogen-bond donors (Lipinski definition) is 1. The Kier molecular flexibility index (Phi) is 5.53. The molecule has 1 saturated heterocycles. The van der Waals surface area contributed by atoms with Crippen LogP contribution in [0.15, 0.2) is 67.0 Å². The smallest absolute Gasteiger partial charge is 0.230 e. The number of aromatic amines is 1. The van der Waals surface area contributed by atoms with Gasteiger partial charge in [0.25, 0.3) is 0 Å². The van der Waals surface area contributed by atoms with E-state index in [9.17, 15) is 4.79 Å². The van der Waals surface area contributed by atoms with Gasteiger partial charge in [-0.3, -0.25) is 9.89 Å². The Morgan fingerprint density at radius 3 is 2.44 bits per heavy atom. The average Bonchev–Trinajstić information content (AvgIpc) is 3.33. The third kappa shape index (κ3) is 3.82. The predicted molar refractivity (Wildman–Crippen MR) is 128 cm³/mol. The molecule has 1 amide bonds. The molecule has 6 nitrogen and oxygen atoms in total. The number of pyridine rings is 1. The van der Waals surface area contributed by atoms with Gasteiger partial charge in [-0.1, -0.05) is 54.1 Å². The zero-order valence-corrected chi connectivity index (χ0v) is 18.3. The first kappa shape index (κ1) is 20.5. The number of nitrogens with one attached hydrogen (secondary N) is 1. The van der Waals surface area contributed by atoms with Crippen LogP contribution in [-0.4, -0.2) is 52.2 Å². The number of anilines is 1. The van der Waals surface area contributed by atoms with E-state index < -0.39 is 5.92 Å². The van der Waals surface area contributed by atoms with Crippen molar-refractivity contribution in [3.05, 3.63) is 84.5 Å². The zero-order valence-electron chi connectivity index (χ0n) is 17.5. The van der Waals surface area contributed by atoms with E-state index >= 15 is 0 Å². The molecule has 0 spiro atoms. The van der Waals surface area contributed by atoms with Crippen LogP contribution in [-0.2, 0) is 4.79 Å². The van der Waals surface area contributed by atoms with Crippen LogP contribution in [0.1, 0.15) is 11.5 Å². The van der Waals surface area contributed by atoms with Gasteiger partial charge in [-0.2, -0.15) is 5.10 Å². The Labute approximate surface area is 191 Å². The number of fused-ring (bicyclic) bond motifs is 1. The number of H-pyrrole nitrogens is 1. The monoisotopic (exact) mass is 444 g/mol. The van der Waals surface area contributed by atoms with Gasteiger partial charge in [0.05, 0.1) is 23.2 Å². The van der Waals surface area contributed by atoms with Gasteiger partial charge in [0.1, 0.15) is 0 Å². The highest BCUT2D eigenvalue weighted by Gasteiger charge is 2.28. The summed E-state index contributed by atoms with van der Waals surface area (Å²) >= 11 is 5.98. The van der Waals surface area contributed by atoms with E-state index in [1.807, 2.05) is 47.6 Å². The van der Waals surface area contributed by atoms with Crippen molar-refractivity contribution in [2.24, 2.45) is 0 Å². The summed E-state index contributed by atoms with van der Waals surface area (Å²) in [4.78, 5) is 21.9. The Balaban J connectivity index is 1.38. The first-order chi connectivity index (χ1) is 15.6. The molecular formula is C25H23ClN5O. The van der Waals surface area contributed by atoms with Gasteiger partial charge in [0, 0.05) is 43.0 Å². The van der Waals surface area contributed by atoms with Crippen LogP contribution >= 0.6 is 11.6 Å². The van der Waals surface area contributed by atoms with Crippen molar-refractivity contribution in [1.82, 2.24) is 20.1 Å². The second kappa shape index (κ2) is 8.63. The molecule has 1 aliphatic heterocycles. The molecular weight excluding hydrogens is 422 g/mol. The quantitative estimate of drug-likeness (QED) is 0.501. The van der Waals surface area contributed by atoms with E-state index in [2.05, 4.69) is 39.1 Å². The molecule has 1 N–H and O–H groups in total. The molecule has 3 heterocycles. The van der Waals surface area contributed by atoms with Gasteiger partial charge < -0.3 is 9.80 Å². The molecule has 0 bridgehead atoms.